The fourth-order valence-corrected chi connectivity index (χ4v) is 5.97. The van der Waals surface area contributed by atoms with Crippen LogP contribution in [0, 0.1) is 11.8 Å². The van der Waals surface area contributed by atoms with E-state index in [1.165, 1.54) is 51.8 Å². The molecule has 0 fully saturated rings. The van der Waals surface area contributed by atoms with E-state index in [0.29, 0.717) is 0 Å². The molecule has 3 rings (SSSR count). The van der Waals surface area contributed by atoms with Crippen LogP contribution >= 0.6 is 12.4 Å². The highest BCUT2D eigenvalue weighted by atomic mass is 35.5. The molecule has 51 heavy (non-hydrogen) atoms. The highest BCUT2D eigenvalue weighted by Gasteiger charge is 2.17. The molecular weight excluding hydrogens is 648 g/mol. The van der Waals surface area contributed by atoms with Crippen molar-refractivity contribution in [2.75, 3.05) is 65.4 Å². The van der Waals surface area contributed by atoms with E-state index in [9.17, 15) is 0 Å². The maximum absolute atomic E-state index is 3.66. The lowest BCUT2D eigenvalue weighted by molar-refractivity contribution is 0.525. The molecule has 0 aliphatic heterocycles. The SMILES string of the molecule is CC(C)CNCCCNCCCNCc1cccc(-c2cc(-c3cccc(CNCCCNCCCNCC(C)C)c3)cc(C(C)(C)C)c2)c1.Cl. The lowest BCUT2D eigenvalue weighted by Gasteiger charge is -2.22. The minimum atomic E-state index is 0. The van der Waals surface area contributed by atoms with Crippen LogP contribution in [0.25, 0.3) is 22.3 Å². The van der Waals surface area contributed by atoms with Crippen molar-refractivity contribution in [1.82, 2.24) is 31.9 Å². The summed E-state index contributed by atoms with van der Waals surface area (Å²) in [6.07, 6.45) is 4.64. The van der Waals surface area contributed by atoms with Gasteiger partial charge in [0.2, 0.25) is 0 Å². The quantitative estimate of drug-likeness (QED) is 0.0471. The maximum Gasteiger partial charge on any atom is 0.0205 e. The Balaban J connectivity index is 0.00000901. The van der Waals surface area contributed by atoms with Crippen molar-refractivity contribution < 1.29 is 0 Å². The average molecular weight is 722 g/mol. The number of rotatable bonds is 26. The highest BCUT2D eigenvalue weighted by Crippen LogP contribution is 2.34. The predicted molar refractivity (Wildman–Crippen MR) is 226 cm³/mol. The van der Waals surface area contributed by atoms with E-state index < -0.39 is 0 Å². The van der Waals surface area contributed by atoms with Crippen molar-refractivity contribution in [3.63, 3.8) is 0 Å². The average Bonchev–Trinajstić information content (AvgIpc) is 3.09. The van der Waals surface area contributed by atoms with Crippen molar-refractivity contribution in [3.8, 4) is 22.3 Å². The molecule has 6 nitrogen and oxygen atoms in total. The third-order valence-electron chi connectivity index (χ3n) is 8.91. The van der Waals surface area contributed by atoms with E-state index in [1.807, 2.05) is 0 Å². The molecule has 0 radical (unpaired) electrons. The van der Waals surface area contributed by atoms with Gasteiger partial charge in [-0.1, -0.05) is 97.0 Å². The molecule has 3 aromatic carbocycles. The Morgan fingerprint density at radius 2 is 0.824 bits per heavy atom. The van der Waals surface area contributed by atoms with Crippen LogP contribution in [-0.4, -0.2) is 65.4 Å². The molecule has 0 aliphatic carbocycles. The second-order valence-electron chi connectivity index (χ2n) is 15.9. The van der Waals surface area contributed by atoms with E-state index >= 15 is 0 Å². The second kappa shape index (κ2) is 25.6. The molecule has 0 aliphatic rings. The van der Waals surface area contributed by atoms with Gasteiger partial charge in [0, 0.05) is 13.1 Å². The van der Waals surface area contributed by atoms with Crippen molar-refractivity contribution in [1.29, 1.82) is 0 Å². The molecule has 6 N–H and O–H groups in total. The molecule has 0 heterocycles. The van der Waals surface area contributed by atoms with Crippen molar-refractivity contribution >= 4 is 12.4 Å². The Morgan fingerprint density at radius 3 is 1.20 bits per heavy atom. The minimum Gasteiger partial charge on any atom is -0.317 e. The summed E-state index contributed by atoms with van der Waals surface area (Å²) in [6.45, 7) is 28.5. The van der Waals surface area contributed by atoms with Gasteiger partial charge >= 0.3 is 0 Å². The number of benzene rings is 3. The largest absolute Gasteiger partial charge is 0.317 e. The molecule has 286 valence electrons. The zero-order valence-electron chi connectivity index (χ0n) is 33.2. The molecule has 0 spiro atoms. The smallest absolute Gasteiger partial charge is 0.0205 e. The molecule has 0 aromatic heterocycles. The molecule has 0 saturated heterocycles. The summed E-state index contributed by atoms with van der Waals surface area (Å²) >= 11 is 0. The Labute approximate surface area is 318 Å². The summed E-state index contributed by atoms with van der Waals surface area (Å²) in [4.78, 5) is 0. The topological polar surface area (TPSA) is 72.2 Å². The molecule has 0 amide bonds. The highest BCUT2D eigenvalue weighted by molar-refractivity contribution is 5.85. The van der Waals surface area contributed by atoms with Crippen LogP contribution in [0.3, 0.4) is 0 Å². The maximum atomic E-state index is 3.66. The second-order valence-corrected chi connectivity index (χ2v) is 15.9. The normalized spacial score (nSPS) is 11.8. The van der Waals surface area contributed by atoms with E-state index in [1.54, 1.807) is 0 Å². The molecule has 7 heteroatoms. The first-order valence-electron chi connectivity index (χ1n) is 19.7. The summed E-state index contributed by atoms with van der Waals surface area (Å²) in [5.41, 5.74) is 9.21. The Morgan fingerprint density at radius 1 is 0.451 bits per heavy atom. The summed E-state index contributed by atoms with van der Waals surface area (Å²) in [5, 5.41) is 21.5. The number of halogens is 1. The number of hydrogen-bond donors (Lipinski definition) is 6. The number of hydrogen-bond acceptors (Lipinski definition) is 6. The Bertz CT molecular complexity index is 1240. The minimum absolute atomic E-state index is 0. The third-order valence-corrected chi connectivity index (χ3v) is 8.91. The van der Waals surface area contributed by atoms with Gasteiger partial charge < -0.3 is 31.9 Å². The number of nitrogens with one attached hydrogen (secondary N) is 6. The first-order chi connectivity index (χ1) is 24.1. The van der Waals surface area contributed by atoms with E-state index in [2.05, 4.69) is 147 Å². The molecular formula is C44H73ClN6. The first-order valence-corrected chi connectivity index (χ1v) is 19.7. The summed E-state index contributed by atoms with van der Waals surface area (Å²) in [6, 6.07) is 25.3. The van der Waals surface area contributed by atoms with Gasteiger partial charge in [0.25, 0.3) is 0 Å². The van der Waals surface area contributed by atoms with Gasteiger partial charge in [0.15, 0.2) is 0 Å². The molecule has 0 bridgehead atoms. The molecule has 0 atom stereocenters. The summed E-state index contributed by atoms with van der Waals surface area (Å²) in [7, 11) is 0. The van der Waals surface area contributed by atoms with E-state index in [0.717, 1.165) is 103 Å². The van der Waals surface area contributed by atoms with Gasteiger partial charge in [-0.2, -0.15) is 0 Å². The van der Waals surface area contributed by atoms with Crippen LogP contribution in [0.4, 0.5) is 0 Å². The van der Waals surface area contributed by atoms with Gasteiger partial charge in [0.05, 0.1) is 0 Å². The fraction of sp³-hybridized carbons (Fsp3) is 0.591. The third kappa shape index (κ3) is 19.4. The van der Waals surface area contributed by atoms with Gasteiger partial charge in [-0.15, -0.1) is 12.4 Å². The lowest BCUT2D eigenvalue weighted by atomic mass is 9.83. The van der Waals surface area contributed by atoms with Gasteiger partial charge in [-0.25, -0.2) is 0 Å². The standard InChI is InChI=1S/C44H72N6.ClH/c1-35(2)31-47-22-10-18-45-20-12-24-49-33-37-14-8-16-39(26-37)41-28-42(30-43(29-41)44(5,6)7)40-17-9-15-38(27-40)34-50-25-13-21-46-19-11-23-48-32-36(3)4;/h8-9,14-17,26-30,35-36,45-50H,10-13,18-25,31-34H2,1-7H3;1H. The molecule has 3 aromatic rings. The molecule has 0 saturated carbocycles. The van der Waals surface area contributed by atoms with Crippen LogP contribution in [0.15, 0.2) is 66.7 Å². The Kier molecular flexibility index (Phi) is 22.6. The summed E-state index contributed by atoms with van der Waals surface area (Å²) < 4.78 is 0. The zero-order valence-corrected chi connectivity index (χ0v) is 34.0. The van der Waals surface area contributed by atoms with Gasteiger partial charge in [-0.05, 0) is 166 Å². The molecule has 0 unspecified atom stereocenters. The van der Waals surface area contributed by atoms with Crippen LogP contribution < -0.4 is 31.9 Å². The van der Waals surface area contributed by atoms with Crippen LogP contribution in [0.2, 0.25) is 0 Å². The lowest BCUT2D eigenvalue weighted by Crippen LogP contribution is -2.26. The van der Waals surface area contributed by atoms with E-state index in [-0.39, 0.29) is 17.8 Å². The van der Waals surface area contributed by atoms with Crippen LogP contribution in [0.5, 0.6) is 0 Å². The van der Waals surface area contributed by atoms with Crippen molar-refractivity contribution in [3.05, 3.63) is 83.4 Å². The zero-order chi connectivity index (χ0) is 36.0. The Hall–Kier alpha value is -2.29. The first kappa shape index (κ1) is 44.9. The van der Waals surface area contributed by atoms with Crippen molar-refractivity contribution in [2.24, 2.45) is 11.8 Å². The van der Waals surface area contributed by atoms with Gasteiger partial charge in [0.1, 0.15) is 0 Å². The fourth-order valence-electron chi connectivity index (χ4n) is 5.97. The monoisotopic (exact) mass is 721 g/mol. The predicted octanol–water partition coefficient (Wildman–Crippen LogP) is 8.15. The summed E-state index contributed by atoms with van der Waals surface area (Å²) in [5.74, 6) is 1.44. The van der Waals surface area contributed by atoms with Gasteiger partial charge in [-0.3, -0.25) is 0 Å². The van der Waals surface area contributed by atoms with Crippen LogP contribution in [0.1, 0.15) is 90.8 Å². The van der Waals surface area contributed by atoms with E-state index in [4.69, 9.17) is 0 Å². The van der Waals surface area contributed by atoms with Crippen molar-refractivity contribution in [2.45, 2.75) is 92.7 Å². The van der Waals surface area contributed by atoms with Crippen LogP contribution in [-0.2, 0) is 18.5 Å².